The maximum atomic E-state index is 13.7. The van der Waals surface area contributed by atoms with Gasteiger partial charge in [-0.3, -0.25) is 18.9 Å². The first-order chi connectivity index (χ1) is 20.7. The molecule has 43 heavy (non-hydrogen) atoms. The molecule has 0 aliphatic carbocycles. The van der Waals surface area contributed by atoms with Crippen LogP contribution in [0.3, 0.4) is 0 Å². The average Bonchev–Trinajstić information content (AvgIpc) is 3.34. The van der Waals surface area contributed by atoms with Crippen LogP contribution in [0, 0.1) is 0 Å². The number of rotatable bonds is 10. The number of aryl methyl sites for hydroxylation is 2. The Balaban J connectivity index is 0.00000135. The molecule has 4 aromatic rings. The van der Waals surface area contributed by atoms with Gasteiger partial charge in [-0.2, -0.15) is 0 Å². The zero-order valence-corrected chi connectivity index (χ0v) is 25.0. The molecule has 0 unspecified atom stereocenters. The number of pyridine rings is 1. The van der Waals surface area contributed by atoms with Crippen molar-refractivity contribution in [3.63, 3.8) is 0 Å². The molecule has 2 aromatic heterocycles. The zero-order chi connectivity index (χ0) is 31.0. The molecule has 1 aliphatic heterocycles. The van der Waals surface area contributed by atoms with Crippen LogP contribution >= 0.6 is 0 Å². The Morgan fingerprint density at radius 2 is 1.81 bits per heavy atom. The number of amides is 1. The second-order valence-corrected chi connectivity index (χ2v) is 12.4. The third-order valence-corrected chi connectivity index (χ3v) is 9.27. The summed E-state index contributed by atoms with van der Waals surface area (Å²) in [5.41, 5.74) is 4.74. The number of nitrogens with zero attached hydrogens (tertiary/aromatic N) is 3. The molecule has 1 aliphatic rings. The van der Waals surface area contributed by atoms with E-state index in [0.717, 1.165) is 34.0 Å². The van der Waals surface area contributed by atoms with Crippen LogP contribution in [0.25, 0.3) is 10.9 Å². The second kappa shape index (κ2) is 14.3. The van der Waals surface area contributed by atoms with Crippen LogP contribution < -0.4 is 14.9 Å². The smallest absolute Gasteiger partial charge is 0.290 e. The highest BCUT2D eigenvalue weighted by atomic mass is 32.2. The van der Waals surface area contributed by atoms with E-state index in [1.54, 1.807) is 18.5 Å². The number of anilines is 1. The molecule has 0 fully saturated rings. The number of aromatic nitrogens is 2. The van der Waals surface area contributed by atoms with E-state index in [4.69, 9.17) is 9.90 Å². The van der Waals surface area contributed by atoms with Crippen molar-refractivity contribution in [2.24, 2.45) is 0 Å². The van der Waals surface area contributed by atoms with Gasteiger partial charge in [0.1, 0.15) is 0 Å². The summed E-state index contributed by atoms with van der Waals surface area (Å²) in [6.07, 6.45) is 5.75. The standard InChI is InChI=1S/C30H35N5O4S.CH2O2/c1-3-23-20-35-13-14-40(38,39)34(2)27-17-24(16-25(23)29(27)35)30(37)33-26(15-21-7-5-4-6-8-21)28(36)19-32-18-22-9-11-31-12-10-22;2-1-3/h4-12,16-17,20,26,28,32,36H,3,13-15,18-19H2,1-2H3,(H,33,37);1H,(H,2,3)/t26-,28+;/m0./s1. The largest absolute Gasteiger partial charge is 0.483 e. The Morgan fingerprint density at radius 3 is 2.49 bits per heavy atom. The number of hydrogen-bond acceptors (Lipinski definition) is 7. The lowest BCUT2D eigenvalue weighted by Gasteiger charge is -2.25. The van der Waals surface area contributed by atoms with Crippen molar-refractivity contribution >= 4 is 39.0 Å². The van der Waals surface area contributed by atoms with Gasteiger partial charge < -0.3 is 25.4 Å². The summed E-state index contributed by atoms with van der Waals surface area (Å²) in [7, 11) is -1.99. The highest BCUT2D eigenvalue weighted by molar-refractivity contribution is 7.92. The molecule has 5 rings (SSSR count). The van der Waals surface area contributed by atoms with Gasteiger partial charge in [0.25, 0.3) is 12.4 Å². The van der Waals surface area contributed by atoms with Crippen molar-refractivity contribution in [1.29, 1.82) is 0 Å². The molecule has 2 aromatic carbocycles. The minimum Gasteiger partial charge on any atom is -0.483 e. The Morgan fingerprint density at radius 1 is 1.12 bits per heavy atom. The number of nitrogens with one attached hydrogen (secondary N) is 2. The molecule has 4 N–H and O–H groups in total. The Hall–Kier alpha value is -4.26. The number of carbonyl (C=O) groups is 2. The number of carbonyl (C=O) groups excluding carboxylic acids is 1. The Labute approximate surface area is 251 Å². The summed E-state index contributed by atoms with van der Waals surface area (Å²) >= 11 is 0. The number of hydrogen-bond donors (Lipinski definition) is 4. The first-order valence-corrected chi connectivity index (χ1v) is 15.6. The fourth-order valence-electron chi connectivity index (χ4n) is 5.23. The van der Waals surface area contributed by atoms with Gasteiger partial charge in [0.15, 0.2) is 0 Å². The molecule has 0 saturated heterocycles. The van der Waals surface area contributed by atoms with E-state index in [1.807, 2.05) is 66.2 Å². The number of aliphatic hydroxyl groups is 1. The van der Waals surface area contributed by atoms with Crippen molar-refractivity contribution in [1.82, 2.24) is 20.2 Å². The summed E-state index contributed by atoms with van der Waals surface area (Å²) in [6.45, 7) is 2.99. The van der Waals surface area contributed by atoms with Crippen LogP contribution in [0.4, 0.5) is 5.69 Å². The Kier molecular flexibility index (Phi) is 10.5. The minimum absolute atomic E-state index is 0.00944. The lowest BCUT2D eigenvalue weighted by molar-refractivity contribution is -0.122. The molecule has 1 amide bonds. The summed E-state index contributed by atoms with van der Waals surface area (Å²) in [6, 6.07) is 16.4. The highest BCUT2D eigenvalue weighted by Gasteiger charge is 2.29. The number of sulfonamides is 1. The van der Waals surface area contributed by atoms with Gasteiger partial charge in [0.05, 0.1) is 29.1 Å². The summed E-state index contributed by atoms with van der Waals surface area (Å²) in [5, 5.41) is 25.2. The van der Waals surface area contributed by atoms with Crippen LogP contribution in [0.1, 0.15) is 34.0 Å². The molecule has 228 valence electrons. The van der Waals surface area contributed by atoms with Crippen molar-refractivity contribution in [3.05, 3.63) is 95.4 Å². The van der Waals surface area contributed by atoms with Gasteiger partial charge >= 0.3 is 0 Å². The first-order valence-electron chi connectivity index (χ1n) is 14.0. The summed E-state index contributed by atoms with van der Waals surface area (Å²) in [5.74, 6) is -0.373. The molecule has 0 spiro atoms. The van der Waals surface area contributed by atoms with E-state index in [1.165, 1.54) is 11.4 Å². The SMILES string of the molecule is CCc1cn2c3c(cc(C(=O)N[C@@H](Cc4ccccc4)[C@H](O)CNCc4ccncc4)cc13)N(C)S(=O)(=O)CC2.O=CO. The van der Waals surface area contributed by atoms with E-state index in [0.29, 0.717) is 30.8 Å². The number of benzene rings is 2. The maximum Gasteiger partial charge on any atom is 0.290 e. The van der Waals surface area contributed by atoms with Crippen LogP contribution in [0.15, 0.2) is 73.2 Å². The molecule has 0 radical (unpaired) electrons. The van der Waals surface area contributed by atoms with Gasteiger partial charge in [-0.15, -0.1) is 0 Å². The van der Waals surface area contributed by atoms with Crippen LogP contribution in [0.2, 0.25) is 0 Å². The van der Waals surface area contributed by atoms with E-state index in [2.05, 4.69) is 15.6 Å². The summed E-state index contributed by atoms with van der Waals surface area (Å²) < 4.78 is 29.0. The van der Waals surface area contributed by atoms with E-state index in [9.17, 15) is 18.3 Å². The molecule has 0 saturated carbocycles. The molecule has 12 heteroatoms. The number of carboxylic acid groups (broad SMARTS) is 1. The fraction of sp³-hybridized carbons (Fsp3) is 0.323. The van der Waals surface area contributed by atoms with Crippen LogP contribution in [-0.2, 0) is 40.7 Å². The second-order valence-electron chi connectivity index (χ2n) is 10.3. The van der Waals surface area contributed by atoms with Gasteiger partial charge in [-0.1, -0.05) is 37.3 Å². The van der Waals surface area contributed by atoms with Gasteiger partial charge in [0, 0.05) is 56.2 Å². The van der Waals surface area contributed by atoms with Gasteiger partial charge in [-0.05, 0) is 53.8 Å². The normalized spacial score (nSPS) is 15.1. The van der Waals surface area contributed by atoms with Crippen LogP contribution in [0.5, 0.6) is 0 Å². The van der Waals surface area contributed by atoms with Crippen molar-refractivity contribution < 1.29 is 28.2 Å². The number of aliphatic hydroxyl groups excluding tert-OH is 1. The van der Waals surface area contributed by atoms with E-state index in [-0.39, 0.29) is 24.7 Å². The summed E-state index contributed by atoms with van der Waals surface area (Å²) in [4.78, 5) is 26.1. The molecule has 3 heterocycles. The first kappa shape index (κ1) is 31.7. The predicted octanol–water partition coefficient (Wildman–Crippen LogP) is 2.57. The predicted molar refractivity (Wildman–Crippen MR) is 166 cm³/mol. The zero-order valence-electron chi connectivity index (χ0n) is 24.2. The lowest BCUT2D eigenvalue weighted by Crippen LogP contribution is -2.48. The fourth-order valence-corrected chi connectivity index (χ4v) is 6.37. The molecule has 2 atom stereocenters. The molecule has 11 nitrogen and oxygen atoms in total. The lowest BCUT2D eigenvalue weighted by atomic mass is 9.99. The van der Waals surface area contributed by atoms with Gasteiger partial charge in [0.2, 0.25) is 10.0 Å². The van der Waals surface area contributed by atoms with E-state index >= 15 is 0 Å². The molecule has 0 bridgehead atoms. The maximum absolute atomic E-state index is 13.7. The third kappa shape index (κ3) is 7.58. The van der Waals surface area contributed by atoms with Crippen LogP contribution in [-0.4, -0.2) is 72.1 Å². The van der Waals surface area contributed by atoms with Crippen molar-refractivity contribution in [2.45, 2.75) is 45.0 Å². The average molecular weight is 608 g/mol. The molecular formula is C31H37N5O6S. The van der Waals surface area contributed by atoms with E-state index < -0.39 is 22.2 Å². The van der Waals surface area contributed by atoms with Crippen molar-refractivity contribution in [3.8, 4) is 0 Å². The quantitative estimate of drug-likeness (QED) is 0.201. The molecular weight excluding hydrogens is 570 g/mol. The minimum atomic E-state index is -3.53. The topological polar surface area (TPSA) is 154 Å². The van der Waals surface area contributed by atoms with Gasteiger partial charge in [-0.25, -0.2) is 8.42 Å². The monoisotopic (exact) mass is 607 g/mol. The third-order valence-electron chi connectivity index (χ3n) is 7.54. The van der Waals surface area contributed by atoms with Crippen molar-refractivity contribution in [2.75, 3.05) is 23.7 Å². The Bertz CT molecular complexity index is 1640. The highest BCUT2D eigenvalue weighted by Crippen LogP contribution is 2.35.